The number of benzene rings is 2. The fourth-order valence-electron chi connectivity index (χ4n) is 1.71. The van der Waals surface area contributed by atoms with Gasteiger partial charge in [-0.1, -0.05) is 28.1 Å². The summed E-state index contributed by atoms with van der Waals surface area (Å²) in [5.41, 5.74) is 1.33. The number of allylic oxidation sites excluding steroid dienone is 1. The number of carbonyl (C=O) groups excluding carboxylic acids is 1. The number of ketones is 1. The molecule has 0 bridgehead atoms. The van der Waals surface area contributed by atoms with Crippen molar-refractivity contribution in [3.05, 3.63) is 76.3 Å². The fraction of sp³-hybridized carbons (Fsp3) is 0.118. The third-order valence-corrected chi connectivity index (χ3v) is 3.33. The Hall–Kier alpha value is -1.87. The largest absolute Gasteiger partial charge is 0.490 e. The van der Waals surface area contributed by atoms with E-state index < -0.39 is 0 Å². The van der Waals surface area contributed by atoms with Crippen molar-refractivity contribution in [3.8, 4) is 5.75 Å². The van der Waals surface area contributed by atoms with Crippen LogP contribution in [0, 0.1) is 0 Å². The van der Waals surface area contributed by atoms with Crippen LogP contribution in [0.5, 0.6) is 5.75 Å². The zero-order valence-electron chi connectivity index (χ0n) is 11.2. The van der Waals surface area contributed by atoms with Crippen molar-refractivity contribution >= 4 is 21.7 Å². The predicted molar refractivity (Wildman–Crippen MR) is 84.3 cm³/mol. The van der Waals surface area contributed by atoms with E-state index in [9.17, 15) is 4.79 Å². The number of halogens is 1. The van der Waals surface area contributed by atoms with Crippen molar-refractivity contribution in [3.63, 3.8) is 0 Å². The molecule has 0 unspecified atom stereocenters. The number of hydrogen-bond donors (Lipinski definition) is 0. The van der Waals surface area contributed by atoms with Crippen LogP contribution in [0.2, 0.25) is 0 Å². The SMILES string of the molecule is CC=CCOc1ccc(C(=O)c2ccc(Br)cc2)cc1. The van der Waals surface area contributed by atoms with Crippen LogP contribution in [0.25, 0.3) is 0 Å². The Bertz CT molecular complexity index is 598. The summed E-state index contributed by atoms with van der Waals surface area (Å²) in [6.45, 7) is 2.49. The maximum atomic E-state index is 12.3. The van der Waals surface area contributed by atoms with Gasteiger partial charge in [0, 0.05) is 15.6 Å². The monoisotopic (exact) mass is 330 g/mol. The maximum Gasteiger partial charge on any atom is 0.193 e. The van der Waals surface area contributed by atoms with Crippen molar-refractivity contribution in [1.29, 1.82) is 0 Å². The summed E-state index contributed by atoms with van der Waals surface area (Å²) in [6, 6.07) is 14.5. The normalized spacial score (nSPS) is 10.7. The van der Waals surface area contributed by atoms with Crippen LogP contribution in [-0.2, 0) is 0 Å². The summed E-state index contributed by atoms with van der Waals surface area (Å²) < 4.78 is 6.46. The lowest BCUT2D eigenvalue weighted by molar-refractivity contribution is 0.103. The molecule has 2 aromatic rings. The summed E-state index contributed by atoms with van der Waals surface area (Å²) >= 11 is 3.36. The molecule has 0 saturated heterocycles. The van der Waals surface area contributed by atoms with Crippen molar-refractivity contribution in [2.24, 2.45) is 0 Å². The van der Waals surface area contributed by atoms with E-state index in [0.717, 1.165) is 10.2 Å². The molecule has 2 nitrogen and oxygen atoms in total. The second-order valence-electron chi connectivity index (χ2n) is 4.24. The van der Waals surface area contributed by atoms with Gasteiger partial charge in [0.2, 0.25) is 0 Å². The van der Waals surface area contributed by atoms with E-state index in [0.29, 0.717) is 17.7 Å². The van der Waals surface area contributed by atoms with Gasteiger partial charge in [0.1, 0.15) is 12.4 Å². The molecular formula is C17H15BrO2. The third-order valence-electron chi connectivity index (χ3n) is 2.80. The summed E-state index contributed by atoms with van der Waals surface area (Å²) in [5.74, 6) is 0.771. The second kappa shape index (κ2) is 7.06. The highest BCUT2D eigenvalue weighted by atomic mass is 79.9. The van der Waals surface area contributed by atoms with Gasteiger partial charge in [0.15, 0.2) is 5.78 Å². The van der Waals surface area contributed by atoms with Gasteiger partial charge in [-0.2, -0.15) is 0 Å². The van der Waals surface area contributed by atoms with Crippen LogP contribution in [0.1, 0.15) is 22.8 Å². The lowest BCUT2D eigenvalue weighted by atomic mass is 10.0. The molecule has 0 amide bonds. The second-order valence-corrected chi connectivity index (χ2v) is 5.16. The van der Waals surface area contributed by atoms with Gasteiger partial charge in [-0.25, -0.2) is 0 Å². The highest BCUT2D eigenvalue weighted by Gasteiger charge is 2.08. The zero-order chi connectivity index (χ0) is 14.4. The Balaban J connectivity index is 2.09. The lowest BCUT2D eigenvalue weighted by Crippen LogP contribution is -2.01. The number of ether oxygens (including phenoxy) is 1. The van der Waals surface area contributed by atoms with Gasteiger partial charge in [-0.3, -0.25) is 4.79 Å². The van der Waals surface area contributed by atoms with Gasteiger partial charge in [-0.15, -0.1) is 0 Å². The topological polar surface area (TPSA) is 26.3 Å². The zero-order valence-corrected chi connectivity index (χ0v) is 12.8. The Morgan fingerprint density at radius 2 is 1.60 bits per heavy atom. The highest BCUT2D eigenvalue weighted by molar-refractivity contribution is 9.10. The van der Waals surface area contributed by atoms with Crippen molar-refractivity contribution in [2.75, 3.05) is 6.61 Å². The molecule has 3 heteroatoms. The summed E-state index contributed by atoms with van der Waals surface area (Å²) in [4.78, 5) is 12.3. The van der Waals surface area contributed by atoms with Gasteiger partial charge < -0.3 is 4.74 Å². The molecule has 0 aliphatic heterocycles. The molecule has 102 valence electrons. The van der Waals surface area contributed by atoms with Crippen LogP contribution in [0.4, 0.5) is 0 Å². The molecule has 0 fully saturated rings. The maximum absolute atomic E-state index is 12.3. The quantitative estimate of drug-likeness (QED) is 0.590. The van der Waals surface area contributed by atoms with E-state index in [-0.39, 0.29) is 5.78 Å². The molecule has 0 spiro atoms. The third kappa shape index (κ3) is 3.81. The molecule has 0 aliphatic rings. The Kier molecular flexibility index (Phi) is 5.13. The molecule has 0 N–H and O–H groups in total. The van der Waals surface area contributed by atoms with Crippen LogP contribution >= 0.6 is 15.9 Å². The predicted octanol–water partition coefficient (Wildman–Crippen LogP) is 4.64. The molecule has 20 heavy (non-hydrogen) atoms. The number of carbonyl (C=O) groups is 1. The van der Waals surface area contributed by atoms with E-state index in [1.165, 1.54) is 0 Å². The van der Waals surface area contributed by atoms with Crippen molar-refractivity contribution in [2.45, 2.75) is 6.92 Å². The average Bonchev–Trinajstić information content (AvgIpc) is 2.48. The van der Waals surface area contributed by atoms with E-state index in [1.807, 2.05) is 55.5 Å². The van der Waals surface area contributed by atoms with Gasteiger partial charge in [0.05, 0.1) is 0 Å². The van der Waals surface area contributed by atoms with Crippen LogP contribution in [0.3, 0.4) is 0 Å². The van der Waals surface area contributed by atoms with E-state index in [2.05, 4.69) is 15.9 Å². The summed E-state index contributed by atoms with van der Waals surface area (Å²) in [6.07, 6.45) is 3.87. The molecule has 0 heterocycles. The first kappa shape index (κ1) is 14.5. The molecule has 0 aliphatic carbocycles. The van der Waals surface area contributed by atoms with E-state index in [4.69, 9.17) is 4.74 Å². The molecule has 2 rings (SSSR count). The molecule has 0 atom stereocenters. The first-order chi connectivity index (χ1) is 9.70. The lowest BCUT2D eigenvalue weighted by Gasteiger charge is -2.05. The van der Waals surface area contributed by atoms with Crippen LogP contribution in [-0.4, -0.2) is 12.4 Å². The highest BCUT2D eigenvalue weighted by Crippen LogP contribution is 2.17. The first-order valence-corrected chi connectivity index (χ1v) is 7.14. The first-order valence-electron chi connectivity index (χ1n) is 6.35. The molecule has 0 aromatic heterocycles. The molecule has 2 aromatic carbocycles. The summed E-state index contributed by atoms with van der Waals surface area (Å²) in [5, 5.41) is 0. The fourth-order valence-corrected chi connectivity index (χ4v) is 1.98. The minimum absolute atomic E-state index is 0.0116. The minimum Gasteiger partial charge on any atom is -0.490 e. The Morgan fingerprint density at radius 3 is 2.15 bits per heavy atom. The van der Waals surface area contributed by atoms with Crippen LogP contribution < -0.4 is 4.74 Å². The molecule has 0 saturated carbocycles. The van der Waals surface area contributed by atoms with E-state index >= 15 is 0 Å². The van der Waals surface area contributed by atoms with Crippen LogP contribution in [0.15, 0.2) is 65.2 Å². The van der Waals surface area contributed by atoms with Gasteiger partial charge >= 0.3 is 0 Å². The van der Waals surface area contributed by atoms with Crippen molar-refractivity contribution < 1.29 is 9.53 Å². The number of hydrogen-bond acceptors (Lipinski definition) is 2. The average molecular weight is 331 g/mol. The summed E-state index contributed by atoms with van der Waals surface area (Å²) in [7, 11) is 0. The van der Waals surface area contributed by atoms with E-state index in [1.54, 1.807) is 12.1 Å². The standard InChI is InChI=1S/C17H15BrO2/c1-2-3-12-20-16-10-6-14(7-11-16)17(19)13-4-8-15(18)9-5-13/h2-11H,12H2,1H3. The molecule has 0 radical (unpaired) electrons. The Labute approximate surface area is 127 Å². The van der Waals surface area contributed by atoms with Gasteiger partial charge in [-0.05, 0) is 55.5 Å². The van der Waals surface area contributed by atoms with Crippen molar-refractivity contribution in [1.82, 2.24) is 0 Å². The smallest absolute Gasteiger partial charge is 0.193 e. The molecular weight excluding hydrogens is 316 g/mol. The Morgan fingerprint density at radius 1 is 1.05 bits per heavy atom. The number of rotatable bonds is 5. The van der Waals surface area contributed by atoms with Gasteiger partial charge in [0.25, 0.3) is 0 Å². The minimum atomic E-state index is 0.0116.